The first-order chi connectivity index (χ1) is 6.56. The number of aliphatic hydroxyl groups excluding tert-OH is 2. The number of benzene rings is 1. The van der Waals surface area contributed by atoms with E-state index in [2.05, 4.69) is 15.9 Å². The van der Waals surface area contributed by atoms with Gasteiger partial charge in [-0.1, -0.05) is 15.9 Å². The summed E-state index contributed by atoms with van der Waals surface area (Å²) >= 11 is 3.15. The first kappa shape index (κ1) is 11.6. The van der Waals surface area contributed by atoms with Crippen LogP contribution in [-0.2, 0) is 0 Å². The third-order valence-corrected chi connectivity index (χ3v) is 2.60. The lowest BCUT2D eigenvalue weighted by atomic mass is 10.0. The molecule has 1 aromatic rings. The molecule has 0 heterocycles. The average molecular weight is 264 g/mol. The van der Waals surface area contributed by atoms with E-state index in [9.17, 15) is 14.6 Å². The zero-order valence-corrected chi connectivity index (χ0v) is 8.91. The summed E-state index contributed by atoms with van der Waals surface area (Å²) in [6.07, 6.45) is -2.27. The molecule has 0 fully saturated rings. The van der Waals surface area contributed by atoms with Crippen LogP contribution in [0.15, 0.2) is 22.7 Å². The topological polar surface area (TPSA) is 66.5 Å². The van der Waals surface area contributed by atoms with E-state index >= 15 is 0 Å². The smallest absolute Gasteiger partial charge is 0.123 e. The predicted molar refractivity (Wildman–Crippen MR) is 54.1 cm³/mol. The van der Waals surface area contributed by atoms with Crippen LogP contribution in [0.5, 0.6) is 0 Å². The fourth-order valence-corrected chi connectivity index (χ4v) is 1.56. The van der Waals surface area contributed by atoms with Crippen molar-refractivity contribution in [2.24, 2.45) is 5.73 Å². The lowest BCUT2D eigenvalue weighted by molar-refractivity contribution is 0.0237. The van der Waals surface area contributed by atoms with Gasteiger partial charge in [-0.2, -0.15) is 0 Å². The molecule has 0 spiro atoms. The molecule has 0 aromatic heterocycles. The number of hydrogen-bond donors (Lipinski definition) is 3. The molecular formula is C9H11BrFNO2. The molecule has 2 atom stereocenters. The van der Waals surface area contributed by atoms with E-state index < -0.39 is 18.0 Å². The van der Waals surface area contributed by atoms with E-state index in [1.807, 2.05) is 0 Å². The Morgan fingerprint density at radius 1 is 1.43 bits per heavy atom. The summed E-state index contributed by atoms with van der Waals surface area (Å²) in [6, 6.07) is 3.89. The van der Waals surface area contributed by atoms with Crippen LogP contribution in [0.25, 0.3) is 0 Å². The largest absolute Gasteiger partial charge is 0.389 e. The van der Waals surface area contributed by atoms with Crippen LogP contribution in [0, 0.1) is 5.82 Å². The Morgan fingerprint density at radius 3 is 2.64 bits per heavy atom. The molecule has 0 amide bonds. The van der Waals surface area contributed by atoms with Gasteiger partial charge in [-0.15, -0.1) is 0 Å². The lowest BCUT2D eigenvalue weighted by Gasteiger charge is -2.17. The average Bonchev–Trinajstić information content (AvgIpc) is 2.19. The number of hydrogen-bond acceptors (Lipinski definition) is 3. The van der Waals surface area contributed by atoms with Crippen LogP contribution in [0.1, 0.15) is 11.7 Å². The zero-order valence-electron chi connectivity index (χ0n) is 7.32. The summed E-state index contributed by atoms with van der Waals surface area (Å²) in [5, 5.41) is 18.8. The highest BCUT2D eigenvalue weighted by Crippen LogP contribution is 2.26. The second kappa shape index (κ2) is 4.84. The first-order valence-corrected chi connectivity index (χ1v) is 4.86. The fourth-order valence-electron chi connectivity index (χ4n) is 1.08. The third-order valence-electron chi connectivity index (χ3n) is 1.88. The molecular weight excluding hydrogens is 253 g/mol. The van der Waals surface area contributed by atoms with Crippen LogP contribution in [0.2, 0.25) is 0 Å². The molecule has 2 unspecified atom stereocenters. The minimum Gasteiger partial charge on any atom is -0.389 e. The van der Waals surface area contributed by atoms with Crippen LogP contribution in [-0.4, -0.2) is 22.9 Å². The van der Waals surface area contributed by atoms with Crippen molar-refractivity contribution < 1.29 is 14.6 Å². The van der Waals surface area contributed by atoms with Crippen molar-refractivity contribution in [3.05, 3.63) is 34.1 Å². The van der Waals surface area contributed by atoms with Crippen LogP contribution < -0.4 is 5.73 Å². The van der Waals surface area contributed by atoms with Gasteiger partial charge < -0.3 is 15.9 Å². The molecule has 0 saturated carbocycles. The molecule has 1 aromatic carbocycles. The maximum absolute atomic E-state index is 12.8. The molecule has 0 radical (unpaired) electrons. The number of rotatable bonds is 3. The van der Waals surface area contributed by atoms with Gasteiger partial charge in [0.05, 0.1) is 6.10 Å². The second-order valence-corrected chi connectivity index (χ2v) is 3.77. The van der Waals surface area contributed by atoms with Gasteiger partial charge in [0, 0.05) is 16.6 Å². The van der Waals surface area contributed by atoms with Crippen molar-refractivity contribution in [1.82, 2.24) is 0 Å². The van der Waals surface area contributed by atoms with Crippen molar-refractivity contribution in [2.45, 2.75) is 12.2 Å². The quantitative estimate of drug-likeness (QED) is 0.761. The van der Waals surface area contributed by atoms with Gasteiger partial charge in [0.2, 0.25) is 0 Å². The van der Waals surface area contributed by atoms with E-state index in [-0.39, 0.29) is 6.54 Å². The van der Waals surface area contributed by atoms with Gasteiger partial charge in [0.25, 0.3) is 0 Å². The van der Waals surface area contributed by atoms with E-state index in [1.165, 1.54) is 12.1 Å². The van der Waals surface area contributed by atoms with Crippen LogP contribution in [0.4, 0.5) is 4.39 Å². The summed E-state index contributed by atoms with van der Waals surface area (Å²) in [5.41, 5.74) is 5.47. The molecule has 0 aliphatic carbocycles. The minimum atomic E-state index is -1.18. The molecule has 78 valence electrons. The summed E-state index contributed by atoms with van der Waals surface area (Å²) in [6.45, 7) is -0.0792. The molecule has 5 heteroatoms. The second-order valence-electron chi connectivity index (χ2n) is 2.91. The standard InChI is InChI=1S/C9H11BrFNO2/c10-7-2-1-5(11)3-6(7)9(14)8(13)4-12/h1-3,8-9,13-14H,4,12H2. The van der Waals surface area contributed by atoms with Crippen molar-refractivity contribution in [3.63, 3.8) is 0 Å². The molecule has 0 aliphatic heterocycles. The van der Waals surface area contributed by atoms with Gasteiger partial charge in [0.1, 0.15) is 11.9 Å². The first-order valence-electron chi connectivity index (χ1n) is 4.07. The van der Waals surface area contributed by atoms with E-state index in [4.69, 9.17) is 5.73 Å². The van der Waals surface area contributed by atoms with Crippen molar-refractivity contribution >= 4 is 15.9 Å². The highest BCUT2D eigenvalue weighted by molar-refractivity contribution is 9.10. The zero-order chi connectivity index (χ0) is 10.7. The van der Waals surface area contributed by atoms with E-state index in [0.29, 0.717) is 10.0 Å². The summed E-state index contributed by atoms with van der Waals surface area (Å²) < 4.78 is 13.4. The van der Waals surface area contributed by atoms with Crippen LogP contribution >= 0.6 is 15.9 Å². The Kier molecular flexibility index (Phi) is 4.00. The molecule has 0 saturated heterocycles. The number of nitrogens with two attached hydrogens (primary N) is 1. The maximum atomic E-state index is 12.8. The molecule has 1 rings (SSSR count). The number of aliphatic hydroxyl groups is 2. The Hall–Kier alpha value is -0.490. The Labute approximate surface area is 89.5 Å². The summed E-state index contributed by atoms with van der Waals surface area (Å²) in [7, 11) is 0. The van der Waals surface area contributed by atoms with Gasteiger partial charge >= 0.3 is 0 Å². The van der Waals surface area contributed by atoms with Gasteiger partial charge in [-0.05, 0) is 18.2 Å². The van der Waals surface area contributed by atoms with Gasteiger partial charge in [0.15, 0.2) is 0 Å². The van der Waals surface area contributed by atoms with E-state index in [1.54, 1.807) is 0 Å². The Morgan fingerprint density at radius 2 is 2.07 bits per heavy atom. The predicted octanol–water partition coefficient (Wildman–Crippen LogP) is 0.941. The van der Waals surface area contributed by atoms with Gasteiger partial charge in [-0.25, -0.2) is 4.39 Å². The van der Waals surface area contributed by atoms with E-state index in [0.717, 1.165) is 6.07 Å². The van der Waals surface area contributed by atoms with Gasteiger partial charge in [-0.3, -0.25) is 0 Å². The van der Waals surface area contributed by atoms with Crippen LogP contribution in [0.3, 0.4) is 0 Å². The normalized spacial score (nSPS) is 15.2. The summed E-state index contributed by atoms with van der Waals surface area (Å²) in [4.78, 5) is 0. The molecule has 4 N–H and O–H groups in total. The molecule has 0 bridgehead atoms. The lowest BCUT2D eigenvalue weighted by Crippen LogP contribution is -2.27. The molecule has 3 nitrogen and oxygen atoms in total. The Balaban J connectivity index is 2.99. The van der Waals surface area contributed by atoms with Crippen molar-refractivity contribution in [3.8, 4) is 0 Å². The van der Waals surface area contributed by atoms with Crippen molar-refractivity contribution in [2.75, 3.05) is 6.54 Å². The molecule has 14 heavy (non-hydrogen) atoms. The highest BCUT2D eigenvalue weighted by Gasteiger charge is 2.19. The summed E-state index contributed by atoms with van der Waals surface area (Å²) in [5.74, 6) is -0.466. The minimum absolute atomic E-state index is 0.0792. The molecule has 0 aliphatic rings. The monoisotopic (exact) mass is 263 g/mol. The fraction of sp³-hybridized carbons (Fsp3) is 0.333. The maximum Gasteiger partial charge on any atom is 0.123 e. The van der Waals surface area contributed by atoms with Crippen molar-refractivity contribution in [1.29, 1.82) is 0 Å². The Bertz CT molecular complexity index is 322. The SMILES string of the molecule is NCC(O)C(O)c1cc(F)ccc1Br. The number of halogens is 2. The highest BCUT2D eigenvalue weighted by atomic mass is 79.9. The third kappa shape index (κ3) is 2.51.